The van der Waals surface area contributed by atoms with Gasteiger partial charge in [0.25, 0.3) is 5.91 Å². The zero-order chi connectivity index (χ0) is 27.9. The number of allylic oxidation sites excluding steroid dienone is 2. The topological polar surface area (TPSA) is 121 Å². The number of anilines is 1. The number of hydrogen-bond donors (Lipinski definition) is 3. The number of phenols is 1. The highest BCUT2D eigenvalue weighted by Crippen LogP contribution is 2.43. The van der Waals surface area contributed by atoms with Gasteiger partial charge in [0, 0.05) is 22.5 Å². The molecule has 198 valence electrons. The lowest BCUT2D eigenvalue weighted by Gasteiger charge is -2.30. The van der Waals surface area contributed by atoms with E-state index in [1.165, 1.54) is 24.9 Å². The summed E-state index contributed by atoms with van der Waals surface area (Å²) in [6, 6.07) is 22.8. The molecule has 0 spiro atoms. The molecule has 0 saturated carbocycles. The van der Waals surface area contributed by atoms with Crippen LogP contribution in [0.5, 0.6) is 17.2 Å². The van der Waals surface area contributed by atoms with Gasteiger partial charge in [0.15, 0.2) is 17.3 Å². The Morgan fingerprint density at radius 3 is 2.41 bits per heavy atom. The molecule has 0 bridgehead atoms. The highest BCUT2D eigenvalue weighted by Gasteiger charge is 2.35. The van der Waals surface area contributed by atoms with Gasteiger partial charge in [0.1, 0.15) is 5.75 Å². The Hall–Kier alpha value is -4.68. The van der Waals surface area contributed by atoms with E-state index in [-0.39, 0.29) is 34.5 Å². The molecular formula is C30H27N3O5S. The molecule has 3 aromatic rings. The fraction of sp³-hybridized carbons (Fsp3) is 0.167. The van der Waals surface area contributed by atoms with Crippen LogP contribution < -0.4 is 20.1 Å². The van der Waals surface area contributed by atoms with Crippen molar-refractivity contribution in [2.45, 2.75) is 12.8 Å². The number of Topliss-reactive ketones (excluding diaryl/α,β-unsaturated/α-hetero) is 1. The second-order valence-corrected chi connectivity index (χ2v) is 9.63. The van der Waals surface area contributed by atoms with Crippen LogP contribution in [0.15, 0.2) is 94.7 Å². The maximum absolute atomic E-state index is 13.6. The fourth-order valence-electron chi connectivity index (χ4n) is 4.25. The van der Waals surface area contributed by atoms with Crippen LogP contribution in [0.25, 0.3) is 0 Å². The van der Waals surface area contributed by atoms with Crippen molar-refractivity contribution in [2.24, 2.45) is 0 Å². The third-order valence-corrected chi connectivity index (χ3v) is 7.24. The quantitative estimate of drug-likeness (QED) is 0.310. The number of ketones is 1. The second kappa shape index (κ2) is 12.2. The summed E-state index contributed by atoms with van der Waals surface area (Å²) in [6.45, 7) is 1.75. The van der Waals surface area contributed by atoms with Gasteiger partial charge in [-0.25, -0.2) is 0 Å². The van der Waals surface area contributed by atoms with Crippen LogP contribution in [-0.4, -0.2) is 36.8 Å². The smallest absolute Gasteiger partial charge is 0.254 e. The molecule has 9 heteroatoms. The molecule has 0 fully saturated rings. The summed E-state index contributed by atoms with van der Waals surface area (Å²) in [4.78, 5) is 26.5. The Morgan fingerprint density at radius 2 is 1.77 bits per heavy atom. The number of methoxy groups -OCH3 is 2. The van der Waals surface area contributed by atoms with Gasteiger partial charge >= 0.3 is 0 Å². The van der Waals surface area contributed by atoms with Crippen LogP contribution >= 0.6 is 11.8 Å². The van der Waals surface area contributed by atoms with Crippen molar-refractivity contribution in [3.8, 4) is 23.3 Å². The number of hydrogen-bond acceptors (Lipinski definition) is 8. The molecule has 8 nitrogen and oxygen atoms in total. The number of aromatic hydroxyl groups is 1. The first kappa shape index (κ1) is 27.4. The average molecular weight is 542 g/mol. The summed E-state index contributed by atoms with van der Waals surface area (Å²) < 4.78 is 10.5. The van der Waals surface area contributed by atoms with Crippen LogP contribution in [0, 0.1) is 11.3 Å². The Kier molecular flexibility index (Phi) is 8.59. The number of phenolic OH excluding ortho intramolecular Hbond substituents is 1. The fourth-order valence-corrected chi connectivity index (χ4v) is 5.24. The minimum absolute atomic E-state index is 0.0617. The summed E-state index contributed by atoms with van der Waals surface area (Å²) in [7, 11) is 2.99. The first-order valence-electron chi connectivity index (χ1n) is 12.0. The SMILES string of the molecule is COc1ccc(C(=O)CSC2=C(C#N)C(c3ccc(O)c(OC)c3)C(C(=O)Nc3ccccc3)=C(C)N2)cc1. The molecule has 0 aliphatic carbocycles. The van der Waals surface area contributed by atoms with Crippen molar-refractivity contribution in [1.29, 1.82) is 5.26 Å². The lowest BCUT2D eigenvalue weighted by molar-refractivity contribution is -0.113. The number of amides is 1. The van der Waals surface area contributed by atoms with Crippen LogP contribution in [-0.2, 0) is 4.79 Å². The van der Waals surface area contributed by atoms with Gasteiger partial charge in [-0.05, 0) is 61.0 Å². The van der Waals surface area contributed by atoms with Crippen LogP contribution in [0.2, 0.25) is 0 Å². The average Bonchev–Trinajstić information content (AvgIpc) is 2.96. The molecule has 1 aliphatic rings. The molecule has 0 radical (unpaired) electrons. The number of para-hydroxylation sites is 1. The van der Waals surface area contributed by atoms with Crippen LogP contribution in [0.3, 0.4) is 0 Å². The summed E-state index contributed by atoms with van der Waals surface area (Å²) in [5.74, 6) is -0.392. The summed E-state index contributed by atoms with van der Waals surface area (Å²) in [5.41, 5.74) is 2.87. The first-order valence-corrected chi connectivity index (χ1v) is 13.0. The minimum Gasteiger partial charge on any atom is -0.504 e. The maximum atomic E-state index is 13.6. The van der Waals surface area contributed by atoms with E-state index in [1.807, 2.05) is 18.2 Å². The van der Waals surface area contributed by atoms with Gasteiger partial charge in [-0.2, -0.15) is 5.26 Å². The standard InChI is InChI=1S/C30H27N3O5S/c1-18-27(29(36)33-21-7-5-4-6-8-21)28(20-11-14-24(34)26(15-20)38-3)23(16-31)30(32-18)39-17-25(35)19-9-12-22(37-2)13-10-19/h4-15,28,32,34H,17H2,1-3H3,(H,33,36). The van der Waals surface area contributed by atoms with Crippen molar-refractivity contribution in [1.82, 2.24) is 5.32 Å². The Balaban J connectivity index is 1.70. The van der Waals surface area contributed by atoms with E-state index in [0.717, 1.165) is 0 Å². The summed E-state index contributed by atoms with van der Waals surface area (Å²) in [5, 5.41) is 27.0. The summed E-state index contributed by atoms with van der Waals surface area (Å²) in [6.07, 6.45) is 0. The monoisotopic (exact) mass is 541 g/mol. The highest BCUT2D eigenvalue weighted by molar-refractivity contribution is 8.03. The number of nitriles is 1. The molecule has 1 heterocycles. The normalized spacial score (nSPS) is 14.8. The molecular weight excluding hydrogens is 514 g/mol. The lowest BCUT2D eigenvalue weighted by Crippen LogP contribution is -2.31. The predicted molar refractivity (Wildman–Crippen MR) is 151 cm³/mol. The Bertz CT molecular complexity index is 1490. The number of nitrogens with zero attached hydrogens (tertiary/aromatic N) is 1. The maximum Gasteiger partial charge on any atom is 0.254 e. The van der Waals surface area contributed by atoms with Crippen LogP contribution in [0.4, 0.5) is 5.69 Å². The number of rotatable bonds is 9. The number of dihydropyridines is 1. The number of ether oxygens (including phenoxy) is 2. The first-order chi connectivity index (χ1) is 18.9. The molecule has 4 rings (SSSR count). The molecule has 0 saturated heterocycles. The van der Waals surface area contributed by atoms with E-state index in [1.54, 1.807) is 62.6 Å². The van der Waals surface area contributed by atoms with E-state index < -0.39 is 5.92 Å². The van der Waals surface area contributed by atoms with E-state index in [2.05, 4.69) is 16.7 Å². The van der Waals surface area contributed by atoms with Gasteiger partial charge in [-0.3, -0.25) is 9.59 Å². The van der Waals surface area contributed by atoms with Crippen LogP contribution in [0.1, 0.15) is 28.8 Å². The number of carbonyl (C=O) groups is 2. The van der Waals surface area contributed by atoms with Gasteiger partial charge in [0.05, 0.1) is 42.6 Å². The summed E-state index contributed by atoms with van der Waals surface area (Å²) >= 11 is 1.19. The van der Waals surface area contributed by atoms with Gasteiger partial charge in [0.2, 0.25) is 0 Å². The predicted octanol–water partition coefficient (Wildman–Crippen LogP) is 5.36. The highest BCUT2D eigenvalue weighted by atomic mass is 32.2. The minimum atomic E-state index is -0.770. The van der Waals surface area contributed by atoms with Gasteiger partial charge < -0.3 is 25.2 Å². The molecule has 1 aliphatic heterocycles. The second-order valence-electron chi connectivity index (χ2n) is 8.64. The van der Waals surface area contributed by atoms with Crippen molar-refractivity contribution in [2.75, 3.05) is 25.3 Å². The van der Waals surface area contributed by atoms with Crippen molar-refractivity contribution >= 4 is 29.1 Å². The molecule has 1 unspecified atom stereocenters. The third kappa shape index (κ3) is 6.08. The number of nitrogens with one attached hydrogen (secondary N) is 2. The number of benzene rings is 3. The van der Waals surface area contributed by atoms with Gasteiger partial charge in [-0.1, -0.05) is 36.0 Å². The largest absolute Gasteiger partial charge is 0.504 e. The molecule has 0 aromatic heterocycles. The molecule has 3 aromatic carbocycles. The molecule has 39 heavy (non-hydrogen) atoms. The zero-order valence-corrected chi connectivity index (χ0v) is 22.5. The van der Waals surface area contributed by atoms with Crippen molar-refractivity contribution in [3.05, 3.63) is 106 Å². The van der Waals surface area contributed by atoms with E-state index >= 15 is 0 Å². The van der Waals surface area contributed by atoms with E-state index in [0.29, 0.717) is 38.9 Å². The van der Waals surface area contributed by atoms with Gasteiger partial charge in [-0.15, -0.1) is 0 Å². The number of carbonyl (C=O) groups excluding carboxylic acids is 2. The molecule has 3 N–H and O–H groups in total. The Labute approximate surface area is 230 Å². The molecule has 1 atom stereocenters. The lowest BCUT2D eigenvalue weighted by atomic mass is 9.82. The third-order valence-electron chi connectivity index (χ3n) is 6.22. The Morgan fingerprint density at radius 1 is 1.05 bits per heavy atom. The van der Waals surface area contributed by atoms with E-state index in [4.69, 9.17) is 9.47 Å². The molecule has 1 amide bonds. The number of thioether (sulfide) groups is 1. The van der Waals surface area contributed by atoms with Crippen molar-refractivity contribution in [3.63, 3.8) is 0 Å². The van der Waals surface area contributed by atoms with Crippen molar-refractivity contribution < 1.29 is 24.2 Å². The van der Waals surface area contributed by atoms with E-state index in [9.17, 15) is 20.0 Å². The zero-order valence-electron chi connectivity index (χ0n) is 21.6.